The number of amides is 2. The number of carbonyl (C=O) groups excluding carboxylic acids is 2. The van der Waals surface area contributed by atoms with Gasteiger partial charge in [-0.05, 0) is 36.8 Å². The van der Waals surface area contributed by atoms with Gasteiger partial charge in [-0.15, -0.1) is 0 Å². The third kappa shape index (κ3) is 3.78. The van der Waals surface area contributed by atoms with Crippen molar-refractivity contribution >= 4 is 34.1 Å². The molecule has 1 aliphatic rings. The van der Waals surface area contributed by atoms with Gasteiger partial charge in [0.2, 0.25) is 11.8 Å². The fourth-order valence-electron chi connectivity index (χ4n) is 3.38. The van der Waals surface area contributed by atoms with E-state index in [1.165, 1.54) is 0 Å². The van der Waals surface area contributed by atoms with E-state index in [0.29, 0.717) is 41.8 Å². The minimum Gasteiger partial charge on any atom is -0.326 e. The van der Waals surface area contributed by atoms with E-state index in [1.54, 1.807) is 35.2 Å². The summed E-state index contributed by atoms with van der Waals surface area (Å²) in [6.07, 6.45) is 1.93. The van der Waals surface area contributed by atoms with Gasteiger partial charge in [0.25, 0.3) is 5.56 Å². The monoisotopic (exact) mass is 376 g/mol. The number of anilines is 2. The van der Waals surface area contributed by atoms with Gasteiger partial charge in [-0.2, -0.15) is 0 Å². The summed E-state index contributed by atoms with van der Waals surface area (Å²) in [6, 6.07) is 14.4. The minimum atomic E-state index is -0.205. The van der Waals surface area contributed by atoms with Crippen LogP contribution in [0.25, 0.3) is 10.9 Å². The summed E-state index contributed by atoms with van der Waals surface area (Å²) in [6.45, 7) is 0.706. The lowest BCUT2D eigenvalue weighted by Gasteiger charge is -2.16. The molecule has 1 fully saturated rings. The predicted octanol–water partition coefficient (Wildman–Crippen LogP) is 2.62. The Labute approximate surface area is 161 Å². The van der Waals surface area contributed by atoms with Gasteiger partial charge >= 0.3 is 0 Å². The number of aromatic nitrogens is 2. The number of aryl methyl sites for hydroxylation is 1. The van der Waals surface area contributed by atoms with Crippen molar-refractivity contribution in [3.05, 3.63) is 64.7 Å². The van der Waals surface area contributed by atoms with Crippen molar-refractivity contribution in [2.24, 2.45) is 0 Å². The number of hydrogen-bond donors (Lipinski definition) is 2. The summed E-state index contributed by atoms with van der Waals surface area (Å²) in [5, 5.41) is 3.38. The first-order valence-corrected chi connectivity index (χ1v) is 9.28. The summed E-state index contributed by atoms with van der Waals surface area (Å²) >= 11 is 0. The predicted molar refractivity (Wildman–Crippen MR) is 107 cm³/mol. The molecule has 4 rings (SSSR count). The van der Waals surface area contributed by atoms with Gasteiger partial charge in [0.05, 0.1) is 10.9 Å². The molecule has 1 aromatic heterocycles. The number of nitrogens with one attached hydrogen (secondary N) is 2. The van der Waals surface area contributed by atoms with Crippen LogP contribution in [0.1, 0.15) is 25.1 Å². The summed E-state index contributed by atoms with van der Waals surface area (Å²) in [5.74, 6) is 0.408. The Kier molecular flexibility index (Phi) is 4.89. The number of H-pyrrole nitrogens is 1. The highest BCUT2D eigenvalue weighted by Crippen LogP contribution is 2.24. The molecule has 0 spiro atoms. The maximum absolute atomic E-state index is 12.3. The maximum Gasteiger partial charge on any atom is 0.258 e. The van der Waals surface area contributed by atoms with Crippen LogP contribution in [-0.2, 0) is 16.0 Å². The van der Waals surface area contributed by atoms with E-state index in [4.69, 9.17) is 0 Å². The summed E-state index contributed by atoms with van der Waals surface area (Å²) < 4.78 is 0. The molecular formula is C21H20N4O3. The van der Waals surface area contributed by atoms with Crippen molar-refractivity contribution in [3.63, 3.8) is 0 Å². The van der Waals surface area contributed by atoms with Gasteiger partial charge in [-0.3, -0.25) is 14.4 Å². The van der Waals surface area contributed by atoms with E-state index >= 15 is 0 Å². The second kappa shape index (κ2) is 7.64. The molecule has 28 heavy (non-hydrogen) atoms. The Morgan fingerprint density at radius 2 is 2.00 bits per heavy atom. The topological polar surface area (TPSA) is 95.2 Å². The molecule has 0 unspecified atom stereocenters. The quantitative estimate of drug-likeness (QED) is 0.716. The van der Waals surface area contributed by atoms with Crippen molar-refractivity contribution in [3.8, 4) is 0 Å². The van der Waals surface area contributed by atoms with Crippen molar-refractivity contribution in [1.82, 2.24) is 9.97 Å². The number of para-hydroxylation sites is 1. The fourth-order valence-corrected chi connectivity index (χ4v) is 3.38. The molecule has 7 nitrogen and oxygen atoms in total. The van der Waals surface area contributed by atoms with Crippen LogP contribution in [0.2, 0.25) is 0 Å². The third-order valence-corrected chi connectivity index (χ3v) is 4.77. The number of nitrogens with zero attached hydrogens (tertiary/aromatic N) is 2. The van der Waals surface area contributed by atoms with Crippen LogP contribution in [0.3, 0.4) is 0 Å². The molecule has 0 aliphatic carbocycles. The third-order valence-electron chi connectivity index (χ3n) is 4.77. The van der Waals surface area contributed by atoms with Crippen molar-refractivity contribution < 1.29 is 9.59 Å². The lowest BCUT2D eigenvalue weighted by atomic mass is 10.2. The van der Waals surface area contributed by atoms with Gasteiger partial charge in [-0.1, -0.05) is 18.2 Å². The molecule has 2 aromatic carbocycles. The Morgan fingerprint density at radius 1 is 1.14 bits per heavy atom. The average molecular weight is 376 g/mol. The molecular weight excluding hydrogens is 356 g/mol. The first kappa shape index (κ1) is 17.9. The SMILES string of the molecule is O=C(CCc1nc2ccccc2c(=O)[nH]1)Nc1cccc(N2CCCC2=O)c1. The van der Waals surface area contributed by atoms with Gasteiger partial charge in [0, 0.05) is 37.2 Å². The van der Waals surface area contributed by atoms with E-state index in [2.05, 4.69) is 15.3 Å². The van der Waals surface area contributed by atoms with Crippen LogP contribution in [-0.4, -0.2) is 28.3 Å². The molecule has 2 amide bonds. The number of carbonyl (C=O) groups is 2. The molecule has 0 radical (unpaired) electrons. The van der Waals surface area contributed by atoms with Crippen molar-refractivity contribution in [2.75, 3.05) is 16.8 Å². The van der Waals surface area contributed by atoms with Crippen LogP contribution in [0, 0.1) is 0 Å². The lowest BCUT2D eigenvalue weighted by molar-refractivity contribution is -0.117. The Bertz CT molecular complexity index is 1110. The number of rotatable bonds is 5. The second-order valence-corrected chi connectivity index (χ2v) is 6.78. The zero-order valence-corrected chi connectivity index (χ0v) is 15.3. The average Bonchev–Trinajstić information content (AvgIpc) is 3.13. The molecule has 7 heteroatoms. The molecule has 1 saturated heterocycles. The number of aromatic amines is 1. The highest BCUT2D eigenvalue weighted by molar-refractivity contribution is 5.97. The molecule has 0 saturated carbocycles. The molecule has 2 N–H and O–H groups in total. The smallest absolute Gasteiger partial charge is 0.258 e. The van der Waals surface area contributed by atoms with Crippen molar-refractivity contribution in [1.29, 1.82) is 0 Å². The second-order valence-electron chi connectivity index (χ2n) is 6.78. The van der Waals surface area contributed by atoms with E-state index < -0.39 is 0 Å². The Hall–Kier alpha value is -3.48. The largest absolute Gasteiger partial charge is 0.326 e. The lowest BCUT2D eigenvalue weighted by Crippen LogP contribution is -2.23. The van der Waals surface area contributed by atoms with Crippen LogP contribution in [0.4, 0.5) is 11.4 Å². The molecule has 142 valence electrons. The van der Waals surface area contributed by atoms with E-state index in [9.17, 15) is 14.4 Å². The van der Waals surface area contributed by atoms with Gasteiger partial charge in [-0.25, -0.2) is 4.98 Å². The number of benzene rings is 2. The molecule has 0 atom stereocenters. The van der Waals surface area contributed by atoms with Crippen LogP contribution >= 0.6 is 0 Å². The van der Waals surface area contributed by atoms with Gasteiger partial charge in [0.1, 0.15) is 5.82 Å². The zero-order valence-electron chi connectivity index (χ0n) is 15.3. The van der Waals surface area contributed by atoms with Gasteiger partial charge < -0.3 is 15.2 Å². The van der Waals surface area contributed by atoms with E-state index in [0.717, 1.165) is 12.1 Å². The molecule has 1 aliphatic heterocycles. The molecule has 2 heterocycles. The van der Waals surface area contributed by atoms with Crippen LogP contribution in [0.15, 0.2) is 53.3 Å². The van der Waals surface area contributed by atoms with Crippen LogP contribution < -0.4 is 15.8 Å². The highest BCUT2D eigenvalue weighted by atomic mass is 16.2. The first-order valence-electron chi connectivity index (χ1n) is 9.28. The minimum absolute atomic E-state index is 0.106. The maximum atomic E-state index is 12.3. The molecule has 0 bridgehead atoms. The van der Waals surface area contributed by atoms with E-state index in [-0.39, 0.29) is 23.8 Å². The van der Waals surface area contributed by atoms with Crippen molar-refractivity contribution in [2.45, 2.75) is 25.7 Å². The standard InChI is InChI=1S/C21H20N4O3/c26-19(11-10-18-23-17-8-2-1-7-16(17)21(28)24-18)22-14-5-3-6-15(13-14)25-12-4-9-20(25)27/h1-3,5-8,13H,4,9-12H2,(H,22,26)(H,23,24,28). The van der Waals surface area contributed by atoms with Crippen LogP contribution in [0.5, 0.6) is 0 Å². The highest BCUT2D eigenvalue weighted by Gasteiger charge is 2.21. The molecule has 3 aromatic rings. The van der Waals surface area contributed by atoms with Gasteiger partial charge in [0.15, 0.2) is 0 Å². The Balaban J connectivity index is 1.41. The normalized spacial score (nSPS) is 13.9. The fraction of sp³-hybridized carbons (Fsp3) is 0.238. The Morgan fingerprint density at radius 3 is 2.82 bits per heavy atom. The summed E-state index contributed by atoms with van der Waals surface area (Å²) in [5.41, 5.74) is 1.84. The summed E-state index contributed by atoms with van der Waals surface area (Å²) in [4.78, 5) is 45.2. The summed E-state index contributed by atoms with van der Waals surface area (Å²) in [7, 11) is 0. The van der Waals surface area contributed by atoms with E-state index in [1.807, 2.05) is 18.2 Å². The number of hydrogen-bond acceptors (Lipinski definition) is 4. The zero-order chi connectivity index (χ0) is 19.5. The number of fused-ring (bicyclic) bond motifs is 1. The first-order chi connectivity index (χ1) is 13.6.